The van der Waals surface area contributed by atoms with E-state index in [2.05, 4.69) is 32.2 Å². The summed E-state index contributed by atoms with van der Waals surface area (Å²) in [5.74, 6) is 0.311. The van der Waals surface area contributed by atoms with Crippen molar-refractivity contribution in [1.29, 1.82) is 5.26 Å². The van der Waals surface area contributed by atoms with Gasteiger partial charge in [0.05, 0.1) is 12.2 Å². The maximum atomic E-state index is 8.77. The first-order valence-corrected chi connectivity index (χ1v) is 7.73. The molecule has 0 amide bonds. The molecule has 0 fully saturated rings. The lowest BCUT2D eigenvalue weighted by Crippen LogP contribution is -2.26. The minimum atomic E-state index is -0.0306. The number of nitriles is 1. The van der Waals surface area contributed by atoms with E-state index in [9.17, 15) is 0 Å². The van der Waals surface area contributed by atoms with Gasteiger partial charge in [-0.3, -0.25) is 5.32 Å². The normalized spacial score (nSPS) is 10.5. The topological polar surface area (TPSA) is 138 Å². The highest BCUT2D eigenvalue weighted by molar-refractivity contribution is 7.13. The Bertz CT molecular complexity index is 811. The summed E-state index contributed by atoms with van der Waals surface area (Å²) in [4.78, 5) is 12.4. The Morgan fingerprint density at radius 3 is 3.00 bits per heavy atom. The standard InChI is InChI=1S/C15H16N8S/c1-2-6-19-14(20-9-16)21-11-5-3-4-10(7-11)12-8-24-15(22-12)23-13(17)18/h2-5,7-8H,1,6H2,(H2,19,20,21)(H4,17,18,22,23). The van der Waals surface area contributed by atoms with Crippen molar-refractivity contribution in [3.8, 4) is 17.5 Å². The van der Waals surface area contributed by atoms with Crippen molar-refractivity contribution in [3.05, 3.63) is 42.3 Å². The largest absolute Gasteiger partial charge is 0.370 e. The fraction of sp³-hybridized carbons (Fsp3) is 0.0667. The number of nitrogens with two attached hydrogens (primary N) is 2. The molecule has 0 unspecified atom stereocenters. The lowest BCUT2D eigenvalue weighted by atomic mass is 10.1. The van der Waals surface area contributed by atoms with Gasteiger partial charge in [0.15, 0.2) is 12.2 Å². The first kappa shape index (κ1) is 17.0. The molecule has 6 N–H and O–H groups in total. The number of hydrogen-bond donors (Lipinski definition) is 4. The van der Waals surface area contributed by atoms with E-state index >= 15 is 0 Å². The van der Waals surface area contributed by atoms with E-state index < -0.39 is 0 Å². The zero-order valence-electron chi connectivity index (χ0n) is 12.7. The number of nitrogens with zero attached hydrogens (tertiary/aromatic N) is 4. The summed E-state index contributed by atoms with van der Waals surface area (Å²) in [7, 11) is 0. The fourth-order valence-electron chi connectivity index (χ4n) is 1.77. The predicted molar refractivity (Wildman–Crippen MR) is 97.9 cm³/mol. The van der Waals surface area contributed by atoms with Gasteiger partial charge in [-0.2, -0.15) is 10.3 Å². The summed E-state index contributed by atoms with van der Waals surface area (Å²) in [6.45, 7) is 3.99. The van der Waals surface area contributed by atoms with Crippen molar-refractivity contribution in [1.82, 2.24) is 10.3 Å². The minimum Gasteiger partial charge on any atom is -0.370 e. The second-order valence-electron chi connectivity index (χ2n) is 4.47. The highest BCUT2D eigenvalue weighted by Crippen LogP contribution is 2.28. The Hall–Kier alpha value is -3.38. The van der Waals surface area contributed by atoms with Crippen molar-refractivity contribution in [2.75, 3.05) is 11.9 Å². The number of aromatic nitrogens is 1. The van der Waals surface area contributed by atoms with Crippen LogP contribution in [0.1, 0.15) is 0 Å². The molecule has 1 aromatic heterocycles. The van der Waals surface area contributed by atoms with E-state index in [0.29, 0.717) is 17.6 Å². The zero-order chi connectivity index (χ0) is 17.4. The van der Waals surface area contributed by atoms with E-state index in [1.54, 1.807) is 6.08 Å². The molecule has 0 radical (unpaired) electrons. The van der Waals surface area contributed by atoms with Gasteiger partial charge in [0.25, 0.3) is 0 Å². The third-order valence-electron chi connectivity index (χ3n) is 2.69. The van der Waals surface area contributed by atoms with Gasteiger partial charge in [0, 0.05) is 16.6 Å². The van der Waals surface area contributed by atoms with Gasteiger partial charge < -0.3 is 16.8 Å². The molecule has 1 aromatic carbocycles. The maximum Gasteiger partial charge on any atom is 0.212 e. The third-order valence-corrected chi connectivity index (χ3v) is 3.43. The van der Waals surface area contributed by atoms with E-state index in [-0.39, 0.29) is 5.96 Å². The Labute approximate surface area is 143 Å². The smallest absolute Gasteiger partial charge is 0.212 e. The monoisotopic (exact) mass is 340 g/mol. The van der Waals surface area contributed by atoms with Crippen LogP contribution in [-0.4, -0.2) is 23.4 Å². The summed E-state index contributed by atoms with van der Waals surface area (Å²) in [5, 5.41) is 16.7. The summed E-state index contributed by atoms with van der Waals surface area (Å²) in [6, 6.07) is 7.53. The number of anilines is 1. The van der Waals surface area contributed by atoms with E-state index in [4.69, 9.17) is 16.7 Å². The first-order valence-electron chi connectivity index (χ1n) is 6.85. The van der Waals surface area contributed by atoms with E-state index in [1.165, 1.54) is 11.3 Å². The first-order chi connectivity index (χ1) is 11.6. The summed E-state index contributed by atoms with van der Waals surface area (Å²) < 4.78 is 0. The second kappa shape index (κ2) is 8.30. The fourth-order valence-corrected chi connectivity index (χ4v) is 2.49. The van der Waals surface area contributed by atoms with Crippen molar-refractivity contribution in [2.45, 2.75) is 0 Å². The third kappa shape index (κ3) is 4.82. The van der Waals surface area contributed by atoms with Gasteiger partial charge in [-0.15, -0.1) is 17.9 Å². The Morgan fingerprint density at radius 1 is 1.46 bits per heavy atom. The van der Waals surface area contributed by atoms with Gasteiger partial charge in [-0.1, -0.05) is 18.2 Å². The Morgan fingerprint density at radius 2 is 2.29 bits per heavy atom. The van der Waals surface area contributed by atoms with Crippen molar-refractivity contribution < 1.29 is 0 Å². The van der Waals surface area contributed by atoms with Crippen molar-refractivity contribution in [2.24, 2.45) is 21.5 Å². The van der Waals surface area contributed by atoms with E-state index in [1.807, 2.05) is 35.8 Å². The number of nitrogens with one attached hydrogen (secondary N) is 2. The SMILES string of the molecule is C=CCN=C(NC#N)Nc1cccc(-c2csc(N=C(N)N)n2)c1. The number of aliphatic imine (C=N–C) groups is 2. The molecule has 0 aliphatic rings. The molecule has 0 aliphatic carbocycles. The van der Waals surface area contributed by atoms with Crippen LogP contribution in [0, 0.1) is 11.5 Å². The van der Waals surface area contributed by atoms with Gasteiger partial charge in [0.1, 0.15) is 0 Å². The second-order valence-corrected chi connectivity index (χ2v) is 5.31. The molecule has 0 saturated carbocycles. The van der Waals surface area contributed by atoms with E-state index in [0.717, 1.165) is 16.9 Å². The van der Waals surface area contributed by atoms with Crippen molar-refractivity contribution in [3.63, 3.8) is 0 Å². The lowest BCUT2D eigenvalue weighted by molar-refractivity contribution is 1.16. The van der Waals surface area contributed by atoms with Crippen LogP contribution >= 0.6 is 11.3 Å². The molecule has 0 bridgehead atoms. The minimum absolute atomic E-state index is 0.0306. The predicted octanol–water partition coefficient (Wildman–Crippen LogP) is 1.74. The molecule has 0 aliphatic heterocycles. The van der Waals surface area contributed by atoms with Crippen LogP contribution < -0.4 is 22.1 Å². The highest BCUT2D eigenvalue weighted by Gasteiger charge is 2.06. The number of rotatable bonds is 5. The number of guanidine groups is 2. The lowest BCUT2D eigenvalue weighted by Gasteiger charge is -2.08. The molecule has 2 aromatic rings. The number of thiazole rings is 1. The van der Waals surface area contributed by atoms with Crippen LogP contribution in [-0.2, 0) is 0 Å². The van der Waals surface area contributed by atoms with Crippen LogP contribution in [0.4, 0.5) is 10.8 Å². The summed E-state index contributed by atoms with van der Waals surface area (Å²) >= 11 is 1.34. The van der Waals surface area contributed by atoms with Gasteiger partial charge in [0.2, 0.25) is 11.1 Å². The average Bonchev–Trinajstić information content (AvgIpc) is 3.01. The molecule has 0 spiro atoms. The molecule has 0 saturated heterocycles. The molecule has 2 rings (SSSR count). The molecular weight excluding hydrogens is 324 g/mol. The molecule has 24 heavy (non-hydrogen) atoms. The summed E-state index contributed by atoms with van der Waals surface area (Å²) in [6.07, 6.45) is 3.47. The van der Waals surface area contributed by atoms with Crippen LogP contribution in [0.2, 0.25) is 0 Å². The maximum absolute atomic E-state index is 8.77. The summed E-state index contributed by atoms with van der Waals surface area (Å²) in [5.41, 5.74) is 13.1. The van der Waals surface area contributed by atoms with Gasteiger partial charge >= 0.3 is 0 Å². The molecule has 9 heteroatoms. The van der Waals surface area contributed by atoms with Crippen LogP contribution in [0.5, 0.6) is 0 Å². The number of hydrogen-bond acceptors (Lipinski definition) is 5. The van der Waals surface area contributed by atoms with Crippen molar-refractivity contribution >= 4 is 34.1 Å². The highest BCUT2D eigenvalue weighted by atomic mass is 32.1. The molecule has 8 nitrogen and oxygen atoms in total. The Kier molecular flexibility index (Phi) is 5.88. The Balaban J connectivity index is 2.22. The van der Waals surface area contributed by atoms with Crippen LogP contribution in [0.15, 0.2) is 52.3 Å². The average molecular weight is 340 g/mol. The molecular formula is C15H16N8S. The van der Waals surface area contributed by atoms with Gasteiger partial charge in [-0.05, 0) is 12.1 Å². The van der Waals surface area contributed by atoms with Crippen LogP contribution in [0.25, 0.3) is 11.3 Å². The zero-order valence-corrected chi connectivity index (χ0v) is 13.5. The number of benzene rings is 1. The molecule has 0 atom stereocenters. The molecule has 1 heterocycles. The quantitative estimate of drug-likeness (QED) is 0.215. The van der Waals surface area contributed by atoms with Gasteiger partial charge in [-0.25, -0.2) is 9.98 Å². The van der Waals surface area contributed by atoms with Crippen LogP contribution in [0.3, 0.4) is 0 Å². The molecule has 122 valence electrons.